The lowest BCUT2D eigenvalue weighted by atomic mass is 10.1. The van der Waals surface area contributed by atoms with E-state index in [0.717, 1.165) is 41.7 Å². The number of hydrogen-bond acceptors (Lipinski definition) is 4. The molecule has 1 atom stereocenters. The van der Waals surface area contributed by atoms with Crippen LogP contribution in [0.25, 0.3) is 22.3 Å². The second-order valence-corrected chi connectivity index (χ2v) is 6.65. The Labute approximate surface area is 152 Å². The van der Waals surface area contributed by atoms with Gasteiger partial charge in [0.2, 0.25) is 0 Å². The minimum atomic E-state index is 0.0261. The average Bonchev–Trinajstić information content (AvgIpc) is 3.33. The van der Waals surface area contributed by atoms with Gasteiger partial charge in [-0.25, -0.2) is 9.67 Å². The van der Waals surface area contributed by atoms with Crippen LogP contribution < -0.4 is 5.73 Å². The van der Waals surface area contributed by atoms with E-state index in [1.54, 1.807) is 6.20 Å². The quantitative estimate of drug-likeness (QED) is 0.785. The zero-order chi connectivity index (χ0) is 18.1. The van der Waals surface area contributed by atoms with Crippen molar-refractivity contribution < 1.29 is 4.79 Å². The van der Waals surface area contributed by atoms with Gasteiger partial charge in [0.25, 0.3) is 5.91 Å². The maximum Gasteiger partial charge on any atom is 0.255 e. The molecule has 1 aromatic carbocycles. The number of pyridine rings is 1. The molecule has 3 aromatic rings. The fourth-order valence-corrected chi connectivity index (χ4v) is 3.72. The smallest absolute Gasteiger partial charge is 0.255 e. The summed E-state index contributed by atoms with van der Waals surface area (Å²) in [4.78, 5) is 20.0. The standard InChI is InChI=1S/C20H23N5O/c1-2-25-19-17(13-22-25)16(20(26)24-10-6-9-15(24)12-21)11-18(23-19)14-7-4-3-5-8-14/h3-5,7-8,11,13,15H,2,6,9-10,12,21H2,1H3. The van der Waals surface area contributed by atoms with Gasteiger partial charge in [-0.05, 0) is 25.8 Å². The Morgan fingerprint density at radius 2 is 2.12 bits per heavy atom. The van der Waals surface area contributed by atoms with Crippen molar-refractivity contribution in [1.29, 1.82) is 0 Å². The van der Waals surface area contributed by atoms with Gasteiger partial charge in [-0.1, -0.05) is 30.3 Å². The summed E-state index contributed by atoms with van der Waals surface area (Å²) in [7, 11) is 0. The predicted octanol–water partition coefficient (Wildman–Crippen LogP) is 2.68. The van der Waals surface area contributed by atoms with Crippen LogP contribution in [-0.2, 0) is 6.54 Å². The van der Waals surface area contributed by atoms with E-state index in [0.29, 0.717) is 18.7 Å². The molecule has 1 fully saturated rings. The lowest BCUT2D eigenvalue weighted by Crippen LogP contribution is -2.40. The number of aryl methyl sites for hydroxylation is 1. The summed E-state index contributed by atoms with van der Waals surface area (Å²) in [5, 5.41) is 5.22. The molecule has 2 aromatic heterocycles. The van der Waals surface area contributed by atoms with Crippen LogP contribution in [-0.4, -0.2) is 44.7 Å². The molecule has 4 rings (SSSR count). The summed E-state index contributed by atoms with van der Waals surface area (Å²) in [5.74, 6) is 0.0261. The van der Waals surface area contributed by atoms with Crippen LogP contribution in [0, 0.1) is 0 Å². The van der Waals surface area contributed by atoms with E-state index in [1.807, 2.05) is 52.9 Å². The van der Waals surface area contributed by atoms with Crippen molar-refractivity contribution in [3.8, 4) is 11.3 Å². The van der Waals surface area contributed by atoms with Crippen molar-refractivity contribution in [2.45, 2.75) is 32.4 Å². The van der Waals surface area contributed by atoms with Crippen LogP contribution in [0.1, 0.15) is 30.1 Å². The molecule has 0 spiro atoms. The maximum atomic E-state index is 13.3. The molecule has 26 heavy (non-hydrogen) atoms. The van der Waals surface area contributed by atoms with E-state index in [1.165, 1.54) is 0 Å². The lowest BCUT2D eigenvalue weighted by molar-refractivity contribution is 0.0743. The van der Waals surface area contributed by atoms with E-state index in [4.69, 9.17) is 10.7 Å². The molecule has 6 heteroatoms. The SMILES string of the molecule is CCn1ncc2c(C(=O)N3CCCC3CN)cc(-c3ccccc3)nc21. The van der Waals surface area contributed by atoms with E-state index < -0.39 is 0 Å². The third-order valence-electron chi connectivity index (χ3n) is 5.12. The van der Waals surface area contributed by atoms with Crippen molar-refractivity contribution in [3.05, 3.63) is 48.2 Å². The Morgan fingerprint density at radius 1 is 1.31 bits per heavy atom. The summed E-state index contributed by atoms with van der Waals surface area (Å²) >= 11 is 0. The molecular weight excluding hydrogens is 326 g/mol. The maximum absolute atomic E-state index is 13.3. The number of nitrogens with zero attached hydrogens (tertiary/aromatic N) is 4. The summed E-state index contributed by atoms with van der Waals surface area (Å²) < 4.78 is 1.84. The molecule has 0 bridgehead atoms. The minimum Gasteiger partial charge on any atom is -0.334 e. The van der Waals surface area contributed by atoms with E-state index in [2.05, 4.69) is 5.10 Å². The van der Waals surface area contributed by atoms with Crippen LogP contribution in [0.3, 0.4) is 0 Å². The first-order valence-electron chi connectivity index (χ1n) is 9.16. The van der Waals surface area contributed by atoms with Gasteiger partial charge < -0.3 is 10.6 Å². The Morgan fingerprint density at radius 3 is 2.85 bits per heavy atom. The molecule has 2 N–H and O–H groups in total. The van der Waals surface area contributed by atoms with Crippen LogP contribution in [0.15, 0.2) is 42.6 Å². The van der Waals surface area contributed by atoms with Gasteiger partial charge in [0.05, 0.1) is 22.8 Å². The van der Waals surface area contributed by atoms with Gasteiger partial charge in [-0.15, -0.1) is 0 Å². The highest BCUT2D eigenvalue weighted by Crippen LogP contribution is 2.28. The molecule has 3 heterocycles. The summed E-state index contributed by atoms with van der Waals surface area (Å²) in [6.07, 6.45) is 3.72. The van der Waals surface area contributed by atoms with Gasteiger partial charge in [0.1, 0.15) is 0 Å². The number of carbonyl (C=O) groups excluding carboxylic acids is 1. The largest absolute Gasteiger partial charge is 0.334 e. The highest BCUT2D eigenvalue weighted by molar-refractivity contribution is 6.06. The van der Waals surface area contributed by atoms with Crippen LogP contribution >= 0.6 is 0 Å². The third kappa shape index (κ3) is 2.76. The Bertz CT molecular complexity index is 934. The van der Waals surface area contributed by atoms with Crippen molar-refractivity contribution in [2.24, 2.45) is 5.73 Å². The third-order valence-corrected chi connectivity index (χ3v) is 5.12. The number of rotatable bonds is 4. The van der Waals surface area contributed by atoms with E-state index in [9.17, 15) is 4.79 Å². The highest BCUT2D eigenvalue weighted by atomic mass is 16.2. The van der Waals surface area contributed by atoms with Crippen LogP contribution in [0.2, 0.25) is 0 Å². The molecule has 1 unspecified atom stereocenters. The molecular formula is C20H23N5O. The highest BCUT2D eigenvalue weighted by Gasteiger charge is 2.30. The lowest BCUT2D eigenvalue weighted by Gasteiger charge is -2.24. The Hall–Kier alpha value is -2.73. The van der Waals surface area contributed by atoms with Gasteiger partial charge in [-0.2, -0.15) is 5.10 Å². The van der Waals surface area contributed by atoms with Crippen molar-refractivity contribution in [2.75, 3.05) is 13.1 Å². The van der Waals surface area contributed by atoms with Gasteiger partial charge >= 0.3 is 0 Å². The monoisotopic (exact) mass is 349 g/mol. The molecule has 1 saturated heterocycles. The zero-order valence-electron chi connectivity index (χ0n) is 14.9. The molecule has 0 saturated carbocycles. The first kappa shape index (κ1) is 16.7. The van der Waals surface area contributed by atoms with Crippen molar-refractivity contribution >= 4 is 16.9 Å². The number of aromatic nitrogens is 3. The van der Waals surface area contributed by atoms with Gasteiger partial charge in [-0.3, -0.25) is 4.79 Å². The molecule has 0 aliphatic carbocycles. The Balaban J connectivity index is 1.87. The molecule has 134 valence electrons. The molecule has 6 nitrogen and oxygen atoms in total. The summed E-state index contributed by atoms with van der Waals surface area (Å²) in [6, 6.07) is 12.0. The van der Waals surface area contributed by atoms with Crippen molar-refractivity contribution in [3.63, 3.8) is 0 Å². The van der Waals surface area contributed by atoms with E-state index >= 15 is 0 Å². The minimum absolute atomic E-state index is 0.0261. The molecule has 1 aliphatic rings. The molecule has 1 amide bonds. The number of carbonyl (C=O) groups is 1. The molecule has 1 aliphatic heterocycles. The number of amides is 1. The number of benzene rings is 1. The van der Waals surface area contributed by atoms with Crippen LogP contribution in [0.5, 0.6) is 0 Å². The molecule has 0 radical (unpaired) electrons. The van der Waals surface area contributed by atoms with Gasteiger partial charge in [0, 0.05) is 31.2 Å². The fraction of sp³-hybridized carbons (Fsp3) is 0.350. The number of nitrogens with two attached hydrogens (primary N) is 1. The second kappa shape index (κ2) is 6.88. The zero-order valence-corrected chi connectivity index (χ0v) is 14.9. The van der Waals surface area contributed by atoms with Crippen molar-refractivity contribution in [1.82, 2.24) is 19.7 Å². The normalized spacial score (nSPS) is 17.2. The Kier molecular flexibility index (Phi) is 4.42. The predicted molar refractivity (Wildman–Crippen MR) is 102 cm³/mol. The van der Waals surface area contributed by atoms with E-state index in [-0.39, 0.29) is 11.9 Å². The fourth-order valence-electron chi connectivity index (χ4n) is 3.72. The number of likely N-dealkylation sites (tertiary alicyclic amines) is 1. The number of fused-ring (bicyclic) bond motifs is 1. The van der Waals surface area contributed by atoms with Gasteiger partial charge in [0.15, 0.2) is 5.65 Å². The topological polar surface area (TPSA) is 77.0 Å². The first-order chi connectivity index (χ1) is 12.7. The first-order valence-corrected chi connectivity index (χ1v) is 9.16. The summed E-state index contributed by atoms with van der Waals surface area (Å²) in [6.45, 7) is 3.99. The number of hydrogen-bond donors (Lipinski definition) is 1. The summed E-state index contributed by atoms with van der Waals surface area (Å²) in [5.41, 5.74) is 9.07. The second-order valence-electron chi connectivity index (χ2n) is 6.65. The average molecular weight is 349 g/mol. The van der Waals surface area contributed by atoms with Crippen LogP contribution in [0.4, 0.5) is 0 Å².